The molecule has 21 heavy (non-hydrogen) atoms. The van der Waals surface area contributed by atoms with Gasteiger partial charge in [0.15, 0.2) is 9.84 Å². The van der Waals surface area contributed by atoms with Gasteiger partial charge in [-0.15, -0.1) is 0 Å². The number of carbonyl (C=O) groups excluding carboxylic acids is 1. The van der Waals surface area contributed by atoms with Gasteiger partial charge in [0.25, 0.3) is 5.91 Å². The second kappa shape index (κ2) is 6.33. The van der Waals surface area contributed by atoms with E-state index in [9.17, 15) is 13.2 Å². The van der Waals surface area contributed by atoms with E-state index in [-0.39, 0.29) is 15.5 Å². The van der Waals surface area contributed by atoms with Crippen molar-refractivity contribution in [3.63, 3.8) is 0 Å². The Morgan fingerprint density at radius 2 is 1.86 bits per heavy atom. The number of nitrogens with one attached hydrogen (secondary N) is 1. The van der Waals surface area contributed by atoms with Crippen LogP contribution < -0.4 is 5.32 Å². The maximum absolute atomic E-state index is 12.3. The first-order valence-electron chi connectivity index (χ1n) is 5.84. The molecule has 0 fully saturated rings. The van der Waals surface area contributed by atoms with Crippen LogP contribution in [0.2, 0.25) is 5.02 Å². The molecule has 0 saturated heterocycles. The van der Waals surface area contributed by atoms with Crippen LogP contribution in [0, 0.1) is 3.57 Å². The summed E-state index contributed by atoms with van der Waals surface area (Å²) in [5, 5.41) is 2.92. The van der Waals surface area contributed by atoms with Crippen LogP contribution >= 0.6 is 34.2 Å². The molecule has 0 aliphatic heterocycles. The molecule has 2 rings (SSSR count). The van der Waals surface area contributed by atoms with E-state index in [1.807, 2.05) is 12.1 Å². The molecule has 0 unspecified atom stereocenters. The molecule has 0 aliphatic rings. The Hall–Kier alpha value is -1.12. The highest BCUT2D eigenvalue weighted by atomic mass is 127. The molecule has 0 bridgehead atoms. The van der Waals surface area contributed by atoms with Crippen LogP contribution in [-0.2, 0) is 9.84 Å². The van der Waals surface area contributed by atoms with Crippen LogP contribution in [0.5, 0.6) is 0 Å². The average Bonchev–Trinajstić information content (AvgIpc) is 2.40. The Morgan fingerprint density at radius 1 is 1.19 bits per heavy atom. The van der Waals surface area contributed by atoms with Gasteiger partial charge in [0, 0.05) is 9.83 Å². The van der Waals surface area contributed by atoms with E-state index < -0.39 is 15.7 Å². The minimum absolute atomic E-state index is 0.0554. The molecule has 7 heteroatoms. The first-order valence-corrected chi connectivity index (χ1v) is 9.19. The summed E-state index contributed by atoms with van der Waals surface area (Å²) in [6, 6.07) is 11.3. The largest absolute Gasteiger partial charge is 0.321 e. The average molecular weight is 436 g/mol. The topological polar surface area (TPSA) is 63.2 Å². The van der Waals surface area contributed by atoms with E-state index in [0.29, 0.717) is 5.69 Å². The van der Waals surface area contributed by atoms with Crippen LogP contribution in [0.1, 0.15) is 10.4 Å². The van der Waals surface area contributed by atoms with Gasteiger partial charge in [0.1, 0.15) is 0 Å². The van der Waals surface area contributed by atoms with Crippen LogP contribution in [-0.4, -0.2) is 20.6 Å². The number of hydrogen-bond acceptors (Lipinski definition) is 3. The molecule has 4 nitrogen and oxygen atoms in total. The van der Waals surface area contributed by atoms with E-state index in [1.54, 1.807) is 12.1 Å². The lowest BCUT2D eigenvalue weighted by Gasteiger charge is -2.09. The predicted octanol–water partition coefficient (Wildman–Crippen LogP) is 3.60. The van der Waals surface area contributed by atoms with Gasteiger partial charge in [-0.3, -0.25) is 4.79 Å². The van der Waals surface area contributed by atoms with E-state index in [2.05, 4.69) is 27.9 Å². The van der Waals surface area contributed by atoms with Gasteiger partial charge in [-0.25, -0.2) is 8.42 Å². The minimum Gasteiger partial charge on any atom is -0.321 e. The molecule has 1 amide bonds. The Kier molecular flexibility index (Phi) is 4.90. The molecule has 1 N–H and O–H groups in total. The number of hydrogen-bond donors (Lipinski definition) is 1. The SMILES string of the molecule is CS(=O)(=O)c1ccc(Cl)c(C(=O)Nc2ccccc2I)c1. The Morgan fingerprint density at radius 3 is 2.48 bits per heavy atom. The van der Waals surface area contributed by atoms with Gasteiger partial charge < -0.3 is 5.32 Å². The third kappa shape index (κ3) is 3.96. The van der Waals surface area contributed by atoms with Crippen molar-refractivity contribution in [3.8, 4) is 0 Å². The van der Waals surface area contributed by atoms with Crippen LogP contribution in [0.25, 0.3) is 0 Å². The Labute approximate surface area is 141 Å². The molecule has 2 aromatic rings. The van der Waals surface area contributed by atoms with Crippen molar-refractivity contribution >= 4 is 55.6 Å². The summed E-state index contributed by atoms with van der Waals surface area (Å²) in [5.41, 5.74) is 0.767. The van der Waals surface area contributed by atoms with Gasteiger partial charge in [-0.1, -0.05) is 23.7 Å². The predicted molar refractivity (Wildman–Crippen MR) is 91.7 cm³/mol. The number of sulfone groups is 1. The number of carbonyl (C=O) groups is 1. The van der Waals surface area contributed by atoms with Crippen molar-refractivity contribution in [2.45, 2.75) is 4.90 Å². The number of amides is 1. The second-order valence-corrected chi connectivity index (χ2v) is 7.93. The Bertz CT molecular complexity index is 806. The zero-order valence-corrected chi connectivity index (χ0v) is 14.7. The molecule has 0 aliphatic carbocycles. The first kappa shape index (κ1) is 16.3. The number of rotatable bonds is 3. The van der Waals surface area contributed by atoms with Crippen LogP contribution in [0.15, 0.2) is 47.4 Å². The summed E-state index contributed by atoms with van der Waals surface area (Å²) in [7, 11) is -3.40. The maximum atomic E-state index is 12.3. The van der Waals surface area contributed by atoms with Crippen molar-refractivity contribution < 1.29 is 13.2 Å². The summed E-state index contributed by atoms with van der Waals surface area (Å²) in [6.45, 7) is 0. The molecule has 0 radical (unpaired) electrons. The first-order chi connectivity index (χ1) is 9.79. The zero-order chi connectivity index (χ0) is 15.6. The lowest BCUT2D eigenvalue weighted by Crippen LogP contribution is -2.14. The van der Waals surface area contributed by atoms with Crippen molar-refractivity contribution in [1.29, 1.82) is 0 Å². The monoisotopic (exact) mass is 435 g/mol. The molecule has 0 spiro atoms. The van der Waals surface area contributed by atoms with Crippen LogP contribution in [0.4, 0.5) is 5.69 Å². The van der Waals surface area contributed by atoms with E-state index >= 15 is 0 Å². The molecular formula is C14H11ClINO3S. The lowest BCUT2D eigenvalue weighted by atomic mass is 10.2. The van der Waals surface area contributed by atoms with Gasteiger partial charge in [-0.05, 0) is 52.9 Å². The number of benzene rings is 2. The van der Waals surface area contributed by atoms with Crippen molar-refractivity contribution in [2.75, 3.05) is 11.6 Å². The van der Waals surface area contributed by atoms with Crippen molar-refractivity contribution in [3.05, 3.63) is 56.6 Å². The summed E-state index contributed by atoms with van der Waals surface area (Å²) in [4.78, 5) is 12.3. The highest BCUT2D eigenvalue weighted by molar-refractivity contribution is 14.1. The van der Waals surface area contributed by atoms with Crippen molar-refractivity contribution in [2.24, 2.45) is 0 Å². The van der Waals surface area contributed by atoms with Crippen molar-refractivity contribution in [1.82, 2.24) is 0 Å². The smallest absolute Gasteiger partial charge is 0.257 e. The summed E-state index contributed by atoms with van der Waals surface area (Å²) in [5.74, 6) is -0.449. The fourth-order valence-corrected chi connectivity index (χ4v) is 3.03. The molecule has 0 heterocycles. The maximum Gasteiger partial charge on any atom is 0.257 e. The van der Waals surface area contributed by atoms with Crippen LogP contribution in [0.3, 0.4) is 0 Å². The molecule has 0 saturated carbocycles. The fourth-order valence-electron chi connectivity index (χ4n) is 1.66. The number of halogens is 2. The Balaban J connectivity index is 2.38. The molecule has 2 aromatic carbocycles. The lowest BCUT2D eigenvalue weighted by molar-refractivity contribution is 0.102. The normalized spacial score (nSPS) is 11.2. The van der Waals surface area contributed by atoms with Gasteiger partial charge in [-0.2, -0.15) is 0 Å². The third-order valence-corrected chi connectivity index (χ3v) is 5.11. The highest BCUT2D eigenvalue weighted by Gasteiger charge is 2.16. The summed E-state index contributed by atoms with van der Waals surface area (Å²) in [6.07, 6.45) is 1.08. The number of anilines is 1. The molecule has 0 aromatic heterocycles. The van der Waals surface area contributed by atoms with Gasteiger partial charge in [0.05, 0.1) is 21.2 Å². The molecular weight excluding hydrogens is 425 g/mol. The third-order valence-electron chi connectivity index (χ3n) is 2.73. The van der Waals surface area contributed by atoms with E-state index in [0.717, 1.165) is 9.83 Å². The minimum atomic E-state index is -3.40. The van der Waals surface area contributed by atoms with E-state index in [4.69, 9.17) is 11.6 Å². The second-order valence-electron chi connectivity index (χ2n) is 4.35. The molecule has 110 valence electrons. The fraction of sp³-hybridized carbons (Fsp3) is 0.0714. The van der Waals surface area contributed by atoms with Gasteiger partial charge >= 0.3 is 0 Å². The van der Waals surface area contributed by atoms with E-state index in [1.165, 1.54) is 18.2 Å². The number of para-hydroxylation sites is 1. The zero-order valence-electron chi connectivity index (χ0n) is 10.9. The molecule has 0 atom stereocenters. The van der Waals surface area contributed by atoms with Gasteiger partial charge in [0.2, 0.25) is 0 Å². The quantitative estimate of drug-likeness (QED) is 0.749. The standard InChI is InChI=1S/C14H11ClINO3S/c1-21(19,20)9-6-7-11(15)10(8-9)14(18)17-13-5-3-2-4-12(13)16/h2-8H,1H3,(H,17,18). The summed E-state index contributed by atoms with van der Waals surface area (Å²) >= 11 is 8.09. The highest BCUT2D eigenvalue weighted by Crippen LogP contribution is 2.23. The summed E-state index contributed by atoms with van der Waals surface area (Å²) < 4.78 is 24.0.